The highest BCUT2D eigenvalue weighted by Gasteiger charge is 2.21. The Morgan fingerprint density at radius 2 is 1.90 bits per heavy atom. The first-order valence-electron chi connectivity index (χ1n) is 6.26. The molecule has 0 saturated carbocycles. The molecule has 0 radical (unpaired) electrons. The van der Waals surface area contributed by atoms with Crippen LogP contribution in [-0.4, -0.2) is 6.54 Å². The Kier molecular flexibility index (Phi) is 5.99. The molecule has 2 rings (SSSR count). The van der Waals surface area contributed by atoms with Crippen LogP contribution < -0.4 is 5.32 Å². The Hall–Kier alpha value is -0.240. The molecule has 0 spiro atoms. The van der Waals surface area contributed by atoms with Crippen LogP contribution in [0.25, 0.3) is 0 Å². The van der Waals surface area contributed by atoms with Crippen LogP contribution in [0.3, 0.4) is 0 Å². The van der Waals surface area contributed by atoms with Gasteiger partial charge in [-0.05, 0) is 81.0 Å². The van der Waals surface area contributed by atoms with Gasteiger partial charge in [0.2, 0.25) is 0 Å². The van der Waals surface area contributed by atoms with Gasteiger partial charge in [0.25, 0.3) is 0 Å². The number of hydrogen-bond acceptors (Lipinski definition) is 1. The van der Waals surface area contributed by atoms with E-state index in [1.807, 2.05) is 13.0 Å². The molecule has 0 amide bonds. The Morgan fingerprint density at radius 3 is 2.57 bits per heavy atom. The fourth-order valence-corrected chi connectivity index (χ4v) is 3.23. The predicted molar refractivity (Wildman–Crippen MR) is 93.7 cm³/mol. The third-order valence-corrected chi connectivity index (χ3v) is 4.85. The fraction of sp³-hybridized carbons (Fsp3) is 0.200. The molecule has 1 unspecified atom stereocenters. The van der Waals surface area contributed by atoms with Crippen LogP contribution in [0.5, 0.6) is 0 Å². The Labute approximate surface area is 149 Å². The first-order valence-corrected chi connectivity index (χ1v) is 8.51. The SMILES string of the molecule is CCNC(c1cc(F)c(Br)cc1F)c1cc(Cl)ccc1I. The predicted octanol–water partition coefficient (Wildman–Crippen LogP) is 5.68. The van der Waals surface area contributed by atoms with Crippen LogP contribution in [0, 0.1) is 15.2 Å². The standard InChI is InChI=1S/C15H12BrClF2IN/c1-2-21-15(10-5-8(17)3-4-14(10)20)9-6-13(19)11(16)7-12(9)18/h3-7,15,21H,2H2,1H3. The van der Waals surface area contributed by atoms with E-state index in [-0.39, 0.29) is 10.0 Å². The Balaban J connectivity index is 2.58. The summed E-state index contributed by atoms with van der Waals surface area (Å²) >= 11 is 11.2. The molecule has 1 nitrogen and oxygen atoms in total. The summed E-state index contributed by atoms with van der Waals surface area (Å²) in [5.74, 6) is -0.962. The van der Waals surface area contributed by atoms with Gasteiger partial charge in [-0.25, -0.2) is 8.78 Å². The molecule has 0 saturated heterocycles. The van der Waals surface area contributed by atoms with E-state index in [0.29, 0.717) is 11.6 Å². The van der Waals surface area contributed by atoms with Crippen LogP contribution in [0.4, 0.5) is 8.78 Å². The van der Waals surface area contributed by atoms with Crippen molar-refractivity contribution in [3.05, 3.63) is 66.2 Å². The minimum absolute atomic E-state index is 0.111. The van der Waals surface area contributed by atoms with Gasteiger partial charge in [0, 0.05) is 14.2 Å². The zero-order valence-electron chi connectivity index (χ0n) is 11.1. The lowest BCUT2D eigenvalue weighted by Crippen LogP contribution is -2.24. The van der Waals surface area contributed by atoms with Crippen molar-refractivity contribution in [1.29, 1.82) is 0 Å². The summed E-state index contributed by atoms with van der Waals surface area (Å²) in [5, 5.41) is 3.75. The van der Waals surface area contributed by atoms with Gasteiger partial charge in [0.05, 0.1) is 10.5 Å². The second kappa shape index (κ2) is 7.35. The van der Waals surface area contributed by atoms with Gasteiger partial charge in [-0.2, -0.15) is 0 Å². The van der Waals surface area contributed by atoms with Gasteiger partial charge in [0.1, 0.15) is 11.6 Å². The molecule has 1 atom stereocenters. The van der Waals surface area contributed by atoms with Crippen LogP contribution in [0.2, 0.25) is 5.02 Å². The summed E-state index contributed by atoms with van der Waals surface area (Å²) in [6.45, 7) is 2.53. The van der Waals surface area contributed by atoms with Gasteiger partial charge in [0.15, 0.2) is 0 Å². The summed E-state index contributed by atoms with van der Waals surface area (Å²) < 4.78 is 29.1. The van der Waals surface area contributed by atoms with Gasteiger partial charge in [-0.15, -0.1) is 0 Å². The molecule has 6 heteroatoms. The Bertz CT molecular complexity index is 666. The average Bonchev–Trinajstić information content (AvgIpc) is 2.43. The van der Waals surface area contributed by atoms with Crippen molar-refractivity contribution < 1.29 is 8.78 Å². The number of halogens is 5. The van der Waals surface area contributed by atoms with E-state index >= 15 is 0 Å². The lowest BCUT2D eigenvalue weighted by atomic mass is 9.98. The van der Waals surface area contributed by atoms with Gasteiger partial charge in [-0.1, -0.05) is 18.5 Å². The van der Waals surface area contributed by atoms with E-state index in [1.165, 1.54) is 6.07 Å². The van der Waals surface area contributed by atoms with E-state index in [9.17, 15) is 8.78 Å². The third-order valence-electron chi connectivity index (χ3n) is 3.03. The second-order valence-corrected chi connectivity index (χ2v) is 6.90. The lowest BCUT2D eigenvalue weighted by molar-refractivity contribution is 0.541. The highest BCUT2D eigenvalue weighted by atomic mass is 127. The summed E-state index contributed by atoms with van der Waals surface area (Å²) in [6, 6.07) is 7.30. The average molecular weight is 487 g/mol. The summed E-state index contributed by atoms with van der Waals surface area (Å²) in [4.78, 5) is 0. The summed E-state index contributed by atoms with van der Waals surface area (Å²) in [7, 11) is 0. The highest BCUT2D eigenvalue weighted by Crippen LogP contribution is 2.32. The quantitative estimate of drug-likeness (QED) is 0.433. The molecular weight excluding hydrogens is 474 g/mol. The van der Waals surface area contributed by atoms with Crippen LogP contribution >= 0.6 is 50.1 Å². The molecule has 1 N–H and O–H groups in total. The minimum Gasteiger partial charge on any atom is -0.306 e. The van der Waals surface area contributed by atoms with E-state index in [0.717, 1.165) is 15.2 Å². The topological polar surface area (TPSA) is 12.0 Å². The first-order chi connectivity index (χ1) is 9.93. The summed E-state index contributed by atoms with van der Waals surface area (Å²) in [6.07, 6.45) is 0. The van der Waals surface area contributed by atoms with Crippen molar-refractivity contribution in [2.75, 3.05) is 6.54 Å². The van der Waals surface area contributed by atoms with Gasteiger partial charge >= 0.3 is 0 Å². The zero-order chi connectivity index (χ0) is 15.6. The van der Waals surface area contributed by atoms with E-state index in [4.69, 9.17) is 11.6 Å². The molecular formula is C15H12BrClF2IN. The molecule has 2 aromatic carbocycles. The van der Waals surface area contributed by atoms with Crippen molar-refractivity contribution in [3.63, 3.8) is 0 Å². The number of nitrogens with one attached hydrogen (secondary N) is 1. The van der Waals surface area contributed by atoms with E-state index in [1.54, 1.807) is 12.1 Å². The molecule has 0 bridgehead atoms. The van der Waals surface area contributed by atoms with E-state index in [2.05, 4.69) is 43.8 Å². The van der Waals surface area contributed by atoms with Crippen molar-refractivity contribution in [2.45, 2.75) is 13.0 Å². The van der Waals surface area contributed by atoms with Gasteiger partial charge in [-0.3, -0.25) is 0 Å². The molecule has 0 aromatic heterocycles. The van der Waals surface area contributed by atoms with Crippen molar-refractivity contribution in [3.8, 4) is 0 Å². The lowest BCUT2D eigenvalue weighted by Gasteiger charge is -2.21. The second-order valence-electron chi connectivity index (χ2n) is 4.44. The monoisotopic (exact) mass is 485 g/mol. The number of rotatable bonds is 4. The van der Waals surface area contributed by atoms with Crippen LogP contribution in [0.15, 0.2) is 34.8 Å². The third kappa shape index (κ3) is 3.94. The molecule has 112 valence electrons. The van der Waals surface area contributed by atoms with E-state index < -0.39 is 17.7 Å². The molecule has 0 fully saturated rings. The normalized spacial score (nSPS) is 12.5. The molecule has 0 aliphatic heterocycles. The zero-order valence-corrected chi connectivity index (χ0v) is 15.6. The fourth-order valence-electron chi connectivity index (χ4n) is 2.09. The molecule has 0 heterocycles. The molecule has 0 aliphatic rings. The number of hydrogen-bond donors (Lipinski definition) is 1. The maximum atomic E-state index is 14.2. The van der Waals surface area contributed by atoms with Crippen molar-refractivity contribution in [2.24, 2.45) is 0 Å². The first kappa shape index (κ1) is 17.1. The maximum absolute atomic E-state index is 14.2. The van der Waals surface area contributed by atoms with Crippen molar-refractivity contribution >= 4 is 50.1 Å². The van der Waals surface area contributed by atoms with Crippen LogP contribution in [0.1, 0.15) is 24.1 Å². The largest absolute Gasteiger partial charge is 0.306 e. The molecule has 2 aromatic rings. The molecule has 0 aliphatic carbocycles. The van der Waals surface area contributed by atoms with Gasteiger partial charge < -0.3 is 5.32 Å². The van der Waals surface area contributed by atoms with Crippen LogP contribution in [-0.2, 0) is 0 Å². The summed E-state index contributed by atoms with van der Waals surface area (Å²) in [5.41, 5.74) is 1.09. The smallest absolute Gasteiger partial charge is 0.137 e. The highest BCUT2D eigenvalue weighted by molar-refractivity contribution is 14.1. The Morgan fingerprint density at radius 1 is 1.19 bits per heavy atom. The van der Waals surface area contributed by atoms with Crippen molar-refractivity contribution in [1.82, 2.24) is 5.32 Å². The minimum atomic E-state index is -0.494. The number of benzene rings is 2. The maximum Gasteiger partial charge on any atom is 0.137 e. The molecule has 21 heavy (non-hydrogen) atoms.